The van der Waals surface area contributed by atoms with Gasteiger partial charge in [-0.05, 0) is 47.7 Å². The van der Waals surface area contributed by atoms with Crippen LogP contribution in [0.2, 0.25) is 5.02 Å². The number of amides is 2. The van der Waals surface area contributed by atoms with Crippen LogP contribution in [0.1, 0.15) is 52.6 Å². The first-order valence-electron chi connectivity index (χ1n) is 10.4. The van der Waals surface area contributed by atoms with Crippen molar-refractivity contribution in [2.75, 3.05) is 9.62 Å². The highest BCUT2D eigenvalue weighted by Crippen LogP contribution is 2.38. The fourth-order valence-electron chi connectivity index (χ4n) is 3.74. The number of nitrogens with one attached hydrogen (secondary N) is 1. The maximum atomic E-state index is 13.3. The third kappa shape index (κ3) is 4.01. The van der Waals surface area contributed by atoms with Gasteiger partial charge in [0.05, 0.1) is 26.7 Å². The van der Waals surface area contributed by atoms with Crippen molar-refractivity contribution in [1.82, 2.24) is 0 Å². The van der Waals surface area contributed by atoms with Gasteiger partial charge in [0.2, 0.25) is 12.4 Å². The van der Waals surface area contributed by atoms with Crippen molar-refractivity contribution in [2.45, 2.75) is 38.0 Å². The lowest BCUT2D eigenvalue weighted by atomic mass is 9.87. The number of pyridine rings is 1. The van der Waals surface area contributed by atoms with Crippen molar-refractivity contribution < 1.29 is 27.9 Å². The van der Waals surface area contributed by atoms with E-state index < -0.39 is 21.8 Å². The van der Waals surface area contributed by atoms with Crippen molar-refractivity contribution in [3.05, 3.63) is 82.1 Å². The molecule has 2 N–H and O–H groups in total. The number of sulfonamides is 1. The number of benzene rings is 2. The molecule has 0 saturated heterocycles. The van der Waals surface area contributed by atoms with Gasteiger partial charge >= 0.3 is 0 Å². The number of aromatic nitrogens is 1. The molecule has 0 aliphatic carbocycles. The third-order valence-electron chi connectivity index (χ3n) is 5.64. The van der Waals surface area contributed by atoms with Crippen LogP contribution < -0.4 is 14.4 Å². The van der Waals surface area contributed by atoms with Crippen LogP contribution in [0.4, 0.5) is 11.4 Å². The molecule has 2 amide bonds. The number of nitrogens with zero attached hydrogens (tertiary/aromatic N) is 2. The molecule has 34 heavy (non-hydrogen) atoms. The van der Waals surface area contributed by atoms with Gasteiger partial charge in [0, 0.05) is 10.8 Å². The highest BCUT2D eigenvalue weighted by molar-refractivity contribution is 7.92. The quantitative estimate of drug-likeness (QED) is 0.319. The van der Waals surface area contributed by atoms with Gasteiger partial charge in [-0.3, -0.25) is 19.5 Å². The molecule has 0 saturated carbocycles. The maximum absolute atomic E-state index is 13.3. The molecule has 1 aliphatic heterocycles. The van der Waals surface area contributed by atoms with Crippen LogP contribution in [0.25, 0.3) is 0 Å². The second-order valence-electron chi connectivity index (χ2n) is 9.06. The Morgan fingerprint density at radius 3 is 2.21 bits per heavy atom. The minimum absolute atomic E-state index is 0.0121. The molecular formula is C24H23ClN3O5S+. The molecule has 3 aromatic rings. The van der Waals surface area contributed by atoms with E-state index in [9.17, 15) is 23.2 Å². The average Bonchev–Trinajstić information content (AvgIpc) is 3.02. The second kappa shape index (κ2) is 8.11. The van der Waals surface area contributed by atoms with E-state index in [2.05, 4.69) is 4.72 Å². The summed E-state index contributed by atoms with van der Waals surface area (Å²) in [5, 5.41) is 9.81. The summed E-state index contributed by atoms with van der Waals surface area (Å²) in [7, 11) is -4.07. The molecule has 0 unspecified atom stereocenters. The Morgan fingerprint density at radius 1 is 0.971 bits per heavy atom. The van der Waals surface area contributed by atoms with Gasteiger partial charge in [0.25, 0.3) is 21.8 Å². The van der Waals surface area contributed by atoms with Crippen LogP contribution in [0.15, 0.2) is 59.8 Å². The number of halogens is 1. The van der Waals surface area contributed by atoms with Crippen molar-refractivity contribution in [3.63, 3.8) is 0 Å². The first-order valence-corrected chi connectivity index (χ1v) is 12.2. The van der Waals surface area contributed by atoms with Crippen LogP contribution in [0, 0.1) is 6.92 Å². The number of carbonyl (C=O) groups is 2. The predicted molar refractivity (Wildman–Crippen MR) is 127 cm³/mol. The van der Waals surface area contributed by atoms with Gasteiger partial charge in [-0.2, -0.15) is 0 Å². The summed E-state index contributed by atoms with van der Waals surface area (Å²) < 4.78 is 29.3. The molecule has 2 aromatic carbocycles. The number of aryl methyl sites for hydroxylation is 1. The Morgan fingerprint density at radius 2 is 1.59 bits per heavy atom. The number of carbonyl (C=O) groups excluding carboxylic acids is 2. The average molecular weight is 501 g/mol. The zero-order valence-electron chi connectivity index (χ0n) is 19.0. The highest BCUT2D eigenvalue weighted by Gasteiger charge is 2.42. The Bertz CT molecular complexity index is 1440. The molecule has 10 heteroatoms. The molecule has 8 nitrogen and oxygen atoms in total. The van der Waals surface area contributed by atoms with Gasteiger partial charge in [0.1, 0.15) is 5.69 Å². The number of imide groups is 1. The van der Waals surface area contributed by atoms with Crippen LogP contribution >= 0.6 is 11.6 Å². The van der Waals surface area contributed by atoms with E-state index >= 15 is 0 Å². The standard InChI is InChI=1S/C24H22ClN3O5S/c1-14-11-12-27(31)13-19(14)28-22(29)20-17(25)9-10-18(21(20)23(28)30)26-34(32,33)16-7-5-15(6-8-16)24(2,3)4/h5-13H,1-4H3,(H-,26,30,31)/p+1. The number of hydrogen-bond donors (Lipinski definition) is 2. The van der Waals surface area contributed by atoms with Crippen LogP contribution in [0.3, 0.4) is 0 Å². The SMILES string of the molecule is Cc1cc[n+](O)cc1N1C(=O)c2c(Cl)ccc(NS(=O)(=O)c3ccc(C(C)(C)C)cc3)c2C1=O. The normalized spacial score (nSPS) is 13.9. The first-order chi connectivity index (χ1) is 15.8. The summed E-state index contributed by atoms with van der Waals surface area (Å²) in [6, 6.07) is 10.7. The van der Waals surface area contributed by atoms with Crippen molar-refractivity contribution in [1.29, 1.82) is 0 Å². The van der Waals surface area contributed by atoms with Gasteiger partial charge < -0.3 is 0 Å². The molecule has 1 aromatic heterocycles. The van der Waals surface area contributed by atoms with E-state index in [1.165, 1.54) is 42.7 Å². The van der Waals surface area contributed by atoms with E-state index in [1.807, 2.05) is 20.8 Å². The fraction of sp³-hybridized carbons (Fsp3) is 0.208. The zero-order valence-corrected chi connectivity index (χ0v) is 20.5. The van der Waals surface area contributed by atoms with Gasteiger partial charge in [-0.15, -0.1) is 0 Å². The summed E-state index contributed by atoms with van der Waals surface area (Å²) in [6.07, 6.45) is 2.57. The first kappa shape index (κ1) is 23.7. The third-order valence-corrected chi connectivity index (χ3v) is 7.34. The predicted octanol–water partition coefficient (Wildman–Crippen LogP) is 4.07. The van der Waals surface area contributed by atoms with Gasteiger partial charge in [-0.25, -0.2) is 13.3 Å². The van der Waals surface area contributed by atoms with Crippen LogP contribution in [-0.2, 0) is 15.4 Å². The van der Waals surface area contributed by atoms with E-state index in [4.69, 9.17) is 11.6 Å². The smallest absolute Gasteiger partial charge is 0.268 e. The van der Waals surface area contributed by atoms with Crippen LogP contribution in [0.5, 0.6) is 0 Å². The lowest BCUT2D eigenvalue weighted by Crippen LogP contribution is -2.35. The molecule has 0 fully saturated rings. The minimum atomic E-state index is -4.07. The molecule has 0 spiro atoms. The Hall–Kier alpha value is -3.43. The summed E-state index contributed by atoms with van der Waals surface area (Å²) in [4.78, 5) is 27.4. The molecule has 4 rings (SSSR count). The topological polar surface area (TPSA) is 108 Å². The molecule has 0 radical (unpaired) electrons. The molecule has 1 aliphatic rings. The zero-order chi connectivity index (χ0) is 25.0. The van der Waals surface area contributed by atoms with E-state index in [-0.39, 0.29) is 37.8 Å². The van der Waals surface area contributed by atoms with E-state index in [0.29, 0.717) is 5.56 Å². The molecular weight excluding hydrogens is 478 g/mol. The number of rotatable bonds is 4. The van der Waals surface area contributed by atoms with Crippen molar-refractivity contribution >= 4 is 44.8 Å². The molecule has 0 bridgehead atoms. The highest BCUT2D eigenvalue weighted by atomic mass is 35.5. The van der Waals surface area contributed by atoms with E-state index in [1.54, 1.807) is 19.1 Å². The van der Waals surface area contributed by atoms with Crippen molar-refractivity contribution in [3.8, 4) is 0 Å². The Labute approximate surface area is 202 Å². The molecule has 2 heterocycles. The lowest BCUT2D eigenvalue weighted by Gasteiger charge is -2.19. The lowest BCUT2D eigenvalue weighted by molar-refractivity contribution is -0.904. The minimum Gasteiger partial charge on any atom is -0.285 e. The number of hydrogen-bond acceptors (Lipinski definition) is 5. The summed E-state index contributed by atoms with van der Waals surface area (Å²) in [5.74, 6) is -1.47. The van der Waals surface area contributed by atoms with Crippen molar-refractivity contribution in [2.24, 2.45) is 0 Å². The van der Waals surface area contributed by atoms with Gasteiger partial charge in [0.15, 0.2) is 0 Å². The monoisotopic (exact) mass is 500 g/mol. The van der Waals surface area contributed by atoms with E-state index in [0.717, 1.165) is 15.2 Å². The fourth-order valence-corrected chi connectivity index (χ4v) is 5.05. The maximum Gasteiger partial charge on any atom is 0.268 e. The summed E-state index contributed by atoms with van der Waals surface area (Å²) in [6.45, 7) is 7.73. The number of anilines is 2. The Kier molecular flexibility index (Phi) is 5.65. The largest absolute Gasteiger partial charge is 0.285 e. The number of fused-ring (bicyclic) bond motifs is 1. The second-order valence-corrected chi connectivity index (χ2v) is 11.2. The molecule has 0 atom stereocenters. The Balaban J connectivity index is 1.76. The van der Waals surface area contributed by atoms with Gasteiger partial charge in [-0.1, -0.05) is 44.5 Å². The summed E-state index contributed by atoms with van der Waals surface area (Å²) in [5.41, 5.74) is 1.20. The summed E-state index contributed by atoms with van der Waals surface area (Å²) >= 11 is 6.24. The molecule has 176 valence electrons. The van der Waals surface area contributed by atoms with Crippen LogP contribution in [-0.4, -0.2) is 25.4 Å².